The topological polar surface area (TPSA) is 89.6 Å². The summed E-state index contributed by atoms with van der Waals surface area (Å²) in [6.45, 7) is 3.01. The van der Waals surface area contributed by atoms with Crippen molar-refractivity contribution in [1.82, 2.24) is 9.88 Å². The third-order valence-electron chi connectivity index (χ3n) is 7.00. The molecule has 0 bridgehead atoms. The Kier molecular flexibility index (Phi) is 9.00. The van der Waals surface area contributed by atoms with Crippen molar-refractivity contribution in [3.63, 3.8) is 0 Å². The summed E-state index contributed by atoms with van der Waals surface area (Å²) in [6.07, 6.45) is 3.73. The van der Waals surface area contributed by atoms with Gasteiger partial charge in [-0.15, -0.1) is 11.8 Å². The van der Waals surface area contributed by atoms with E-state index in [2.05, 4.69) is 16.0 Å². The number of benzene rings is 2. The number of aromatic nitrogens is 1. The van der Waals surface area contributed by atoms with Crippen LogP contribution in [-0.2, 0) is 0 Å². The van der Waals surface area contributed by atoms with Gasteiger partial charge in [0.15, 0.2) is 0 Å². The average Bonchev–Trinajstić information content (AvgIpc) is 2.91. The van der Waals surface area contributed by atoms with Crippen molar-refractivity contribution in [3.8, 4) is 11.8 Å². The van der Waals surface area contributed by atoms with Gasteiger partial charge in [-0.25, -0.2) is 0 Å². The maximum absolute atomic E-state index is 11.0. The summed E-state index contributed by atoms with van der Waals surface area (Å²) >= 11 is 1.77. The number of methoxy groups -OCH3 is 1. The maximum atomic E-state index is 11.0. The minimum absolute atomic E-state index is 0.171. The smallest absolute Gasteiger partial charge is 0.119 e. The van der Waals surface area contributed by atoms with Crippen LogP contribution in [-0.4, -0.2) is 59.2 Å². The Hall–Kier alpha value is -2.63. The van der Waals surface area contributed by atoms with Crippen LogP contribution in [0.1, 0.15) is 36.5 Å². The van der Waals surface area contributed by atoms with Gasteiger partial charge >= 0.3 is 0 Å². The second kappa shape index (κ2) is 12.4. The number of nitrogens with zero attached hydrogens (tertiary/aromatic N) is 3. The van der Waals surface area contributed by atoms with Gasteiger partial charge in [0.25, 0.3) is 0 Å². The summed E-state index contributed by atoms with van der Waals surface area (Å²) in [4.78, 5) is 7.96. The predicted molar refractivity (Wildman–Crippen MR) is 139 cm³/mol. The zero-order valence-electron chi connectivity index (χ0n) is 20.1. The van der Waals surface area contributed by atoms with Crippen LogP contribution in [0.15, 0.2) is 59.6 Å². The highest BCUT2D eigenvalue weighted by Crippen LogP contribution is 2.33. The molecule has 35 heavy (non-hydrogen) atoms. The molecule has 0 aliphatic carbocycles. The highest BCUT2D eigenvalue weighted by atomic mass is 32.2. The third-order valence-corrected chi connectivity index (χ3v) is 7.98. The number of thioether (sulfide) groups is 1. The van der Waals surface area contributed by atoms with Gasteiger partial charge in [-0.3, -0.25) is 4.98 Å². The lowest BCUT2D eigenvalue weighted by atomic mass is 9.81. The number of rotatable bonds is 10. The number of hydrogen-bond acceptors (Lipinski definition) is 7. The molecule has 1 aromatic heterocycles. The number of pyridine rings is 1. The fourth-order valence-corrected chi connectivity index (χ4v) is 5.96. The quantitative estimate of drug-likeness (QED) is 0.399. The monoisotopic (exact) mass is 491 g/mol. The van der Waals surface area contributed by atoms with E-state index in [1.165, 1.54) is 0 Å². The van der Waals surface area contributed by atoms with Gasteiger partial charge in [-0.1, -0.05) is 6.07 Å². The minimum Gasteiger partial charge on any atom is -0.497 e. The number of likely N-dealkylation sites (tertiary alicyclic amines) is 1. The summed E-state index contributed by atoms with van der Waals surface area (Å²) in [7, 11) is 1.64. The summed E-state index contributed by atoms with van der Waals surface area (Å²) in [5.74, 6) is 2.32. The molecule has 1 aliphatic rings. The molecular weight excluding hydrogens is 458 g/mol. The molecule has 2 aromatic carbocycles. The van der Waals surface area contributed by atoms with Gasteiger partial charge in [0, 0.05) is 41.9 Å². The van der Waals surface area contributed by atoms with Crippen LogP contribution in [0.4, 0.5) is 0 Å². The van der Waals surface area contributed by atoms with Gasteiger partial charge in [-0.2, -0.15) is 5.26 Å². The van der Waals surface area contributed by atoms with Gasteiger partial charge in [0.2, 0.25) is 0 Å². The first-order chi connectivity index (χ1) is 17.1. The molecular formula is C28H33N3O3S. The number of aliphatic hydroxyl groups excluding tert-OH is 2. The molecule has 1 unspecified atom stereocenters. The van der Waals surface area contributed by atoms with Gasteiger partial charge in [0.05, 0.1) is 30.4 Å². The van der Waals surface area contributed by atoms with Crippen molar-refractivity contribution < 1.29 is 14.9 Å². The molecule has 3 aromatic rings. The van der Waals surface area contributed by atoms with Crippen LogP contribution >= 0.6 is 11.8 Å². The lowest BCUT2D eigenvalue weighted by Gasteiger charge is -2.38. The Morgan fingerprint density at radius 2 is 2.11 bits per heavy atom. The SMILES string of the molecule is COc1ccc2nccc(C(O)CC[C@@H]3CCN(CCSc4cccc(C#N)c4)C[C@@H]3CO)c2c1. The van der Waals surface area contributed by atoms with E-state index in [-0.39, 0.29) is 12.5 Å². The normalized spacial score (nSPS) is 19.4. The van der Waals surface area contributed by atoms with Crippen LogP contribution in [0.25, 0.3) is 10.9 Å². The molecule has 4 rings (SSSR count). The van der Waals surface area contributed by atoms with Gasteiger partial charge < -0.3 is 19.8 Å². The van der Waals surface area contributed by atoms with Crippen molar-refractivity contribution in [1.29, 1.82) is 5.26 Å². The highest BCUT2D eigenvalue weighted by Gasteiger charge is 2.29. The first kappa shape index (κ1) is 25.5. The number of piperidine rings is 1. The van der Waals surface area contributed by atoms with Crippen LogP contribution in [0.5, 0.6) is 5.75 Å². The standard InChI is InChI=1S/C28H33N3O3S/c1-34-23-6-7-27-26(16-23)25(9-11-30-27)28(33)8-5-21-10-12-31(18-22(21)19-32)13-14-35-24-4-2-3-20(15-24)17-29/h2-4,6-7,9,11,15-16,21-22,28,32-33H,5,8,10,12-14,18-19H2,1H3/t21-,22-,28?/m1/s1. The average molecular weight is 492 g/mol. The van der Waals surface area contributed by atoms with Gasteiger partial charge in [-0.05, 0) is 85.7 Å². The molecule has 1 saturated heterocycles. The van der Waals surface area contributed by atoms with E-state index in [0.717, 1.165) is 65.3 Å². The number of aliphatic hydroxyl groups is 2. The zero-order chi connectivity index (χ0) is 24.6. The van der Waals surface area contributed by atoms with Crippen molar-refractivity contribution in [2.24, 2.45) is 11.8 Å². The number of hydrogen-bond donors (Lipinski definition) is 2. The van der Waals surface area contributed by atoms with E-state index in [9.17, 15) is 10.2 Å². The molecule has 1 aliphatic heterocycles. The van der Waals surface area contributed by atoms with Gasteiger partial charge in [0.1, 0.15) is 5.75 Å². The minimum atomic E-state index is -0.578. The molecule has 0 saturated carbocycles. The summed E-state index contributed by atoms with van der Waals surface area (Å²) in [5, 5.41) is 31.1. The molecule has 2 N–H and O–H groups in total. The van der Waals surface area contributed by atoms with Crippen molar-refractivity contribution in [3.05, 3.63) is 65.9 Å². The zero-order valence-corrected chi connectivity index (χ0v) is 21.0. The Morgan fingerprint density at radius 3 is 2.91 bits per heavy atom. The summed E-state index contributed by atoms with van der Waals surface area (Å²) < 4.78 is 5.36. The van der Waals surface area contributed by atoms with Crippen molar-refractivity contribution in [2.75, 3.05) is 39.1 Å². The largest absolute Gasteiger partial charge is 0.497 e. The van der Waals surface area contributed by atoms with Crippen molar-refractivity contribution >= 4 is 22.7 Å². The lowest BCUT2D eigenvalue weighted by Crippen LogP contribution is -2.43. The van der Waals surface area contributed by atoms with E-state index in [0.29, 0.717) is 17.9 Å². The van der Waals surface area contributed by atoms with Crippen LogP contribution in [0.2, 0.25) is 0 Å². The molecule has 0 radical (unpaired) electrons. The Labute approximate surface area is 211 Å². The Morgan fingerprint density at radius 1 is 1.23 bits per heavy atom. The summed E-state index contributed by atoms with van der Waals surface area (Å²) in [6, 6.07) is 17.5. The summed E-state index contributed by atoms with van der Waals surface area (Å²) in [5.41, 5.74) is 2.42. The number of ether oxygens (including phenoxy) is 1. The van der Waals surface area contributed by atoms with Crippen LogP contribution in [0.3, 0.4) is 0 Å². The molecule has 0 amide bonds. The van der Waals surface area contributed by atoms with E-state index < -0.39 is 6.10 Å². The molecule has 6 nitrogen and oxygen atoms in total. The second-order valence-electron chi connectivity index (χ2n) is 9.16. The first-order valence-corrected chi connectivity index (χ1v) is 13.2. The van der Waals surface area contributed by atoms with Crippen LogP contribution in [0, 0.1) is 23.2 Å². The molecule has 1 fully saturated rings. The molecule has 0 spiro atoms. The molecule has 7 heteroatoms. The number of nitriles is 1. The predicted octanol–water partition coefficient (Wildman–Crippen LogP) is 4.65. The molecule has 184 valence electrons. The van der Waals surface area contributed by atoms with E-state index in [4.69, 9.17) is 10.00 Å². The Bertz CT molecular complexity index is 1170. The first-order valence-electron chi connectivity index (χ1n) is 12.2. The maximum Gasteiger partial charge on any atom is 0.119 e. The Balaban J connectivity index is 1.29. The van der Waals surface area contributed by atoms with E-state index in [1.807, 2.05) is 48.5 Å². The lowest BCUT2D eigenvalue weighted by molar-refractivity contribution is 0.0608. The van der Waals surface area contributed by atoms with Crippen molar-refractivity contribution in [2.45, 2.75) is 30.3 Å². The second-order valence-corrected chi connectivity index (χ2v) is 10.3. The number of fused-ring (bicyclic) bond motifs is 1. The highest BCUT2D eigenvalue weighted by molar-refractivity contribution is 7.99. The van der Waals surface area contributed by atoms with E-state index in [1.54, 1.807) is 25.1 Å². The molecule has 3 atom stereocenters. The fraction of sp³-hybridized carbons (Fsp3) is 0.429. The van der Waals surface area contributed by atoms with Crippen LogP contribution < -0.4 is 4.74 Å². The molecule has 2 heterocycles. The fourth-order valence-electron chi connectivity index (χ4n) is 4.99. The third kappa shape index (κ3) is 6.53. The van der Waals surface area contributed by atoms with E-state index >= 15 is 0 Å².